The van der Waals surface area contributed by atoms with Gasteiger partial charge in [0.1, 0.15) is 11.8 Å². The molecular weight excluding hydrogens is 156 g/mol. The Morgan fingerprint density at radius 3 is 2.83 bits per heavy atom. The summed E-state index contributed by atoms with van der Waals surface area (Å²) in [4.78, 5) is 11.2. The third-order valence-corrected chi connectivity index (χ3v) is 1.66. The lowest BCUT2D eigenvalue weighted by atomic mass is 10.2. The van der Waals surface area contributed by atoms with E-state index in [-0.39, 0.29) is 5.75 Å². The van der Waals surface area contributed by atoms with Gasteiger partial charge in [-0.25, -0.2) is 0 Å². The lowest BCUT2D eigenvalue weighted by molar-refractivity contribution is 0.442. The second-order valence-electron chi connectivity index (χ2n) is 2.45. The van der Waals surface area contributed by atoms with Crippen LogP contribution in [0.3, 0.4) is 0 Å². The van der Waals surface area contributed by atoms with Crippen molar-refractivity contribution in [1.29, 1.82) is 0 Å². The maximum atomic E-state index is 11.2. The van der Waals surface area contributed by atoms with Gasteiger partial charge < -0.3 is 9.52 Å². The maximum absolute atomic E-state index is 11.2. The van der Waals surface area contributed by atoms with Crippen LogP contribution >= 0.6 is 0 Å². The van der Waals surface area contributed by atoms with Crippen LogP contribution in [0.5, 0.6) is 5.75 Å². The summed E-state index contributed by atoms with van der Waals surface area (Å²) in [6, 6.07) is 6.78. The molecule has 0 aliphatic rings. The van der Waals surface area contributed by atoms with Crippen molar-refractivity contribution in [2.24, 2.45) is 0 Å². The van der Waals surface area contributed by atoms with Gasteiger partial charge in [0, 0.05) is 0 Å². The van der Waals surface area contributed by atoms with Gasteiger partial charge in [-0.05, 0) is 12.1 Å². The van der Waals surface area contributed by atoms with Crippen LogP contribution in [0, 0.1) is 0 Å². The maximum Gasteiger partial charge on any atom is 0.234 e. The van der Waals surface area contributed by atoms with Crippen LogP contribution in [0.1, 0.15) is 0 Å². The predicted molar refractivity (Wildman–Crippen MR) is 44.1 cm³/mol. The zero-order valence-corrected chi connectivity index (χ0v) is 6.15. The highest BCUT2D eigenvalue weighted by molar-refractivity contribution is 5.77. The SMILES string of the molecule is O=c1c(O)coc2ccccc12. The van der Waals surface area contributed by atoms with Crippen molar-refractivity contribution in [2.75, 3.05) is 0 Å². The fourth-order valence-corrected chi connectivity index (χ4v) is 1.07. The van der Waals surface area contributed by atoms with E-state index < -0.39 is 5.43 Å². The molecule has 1 aromatic heterocycles. The summed E-state index contributed by atoms with van der Waals surface area (Å²) in [5.74, 6) is -0.353. The van der Waals surface area contributed by atoms with E-state index in [2.05, 4.69) is 0 Å². The van der Waals surface area contributed by atoms with E-state index in [1.165, 1.54) is 0 Å². The van der Waals surface area contributed by atoms with Gasteiger partial charge in [0.25, 0.3) is 0 Å². The molecule has 2 rings (SSSR count). The van der Waals surface area contributed by atoms with Crippen LogP contribution in [0.2, 0.25) is 0 Å². The minimum Gasteiger partial charge on any atom is -0.502 e. The Bertz CT molecular complexity index is 470. The Morgan fingerprint density at radius 1 is 1.25 bits per heavy atom. The van der Waals surface area contributed by atoms with Crippen LogP contribution < -0.4 is 5.43 Å². The molecular formula is C9H6O3. The number of benzene rings is 1. The van der Waals surface area contributed by atoms with E-state index in [0.29, 0.717) is 11.0 Å². The van der Waals surface area contributed by atoms with Crippen LogP contribution in [-0.4, -0.2) is 5.11 Å². The summed E-state index contributed by atoms with van der Waals surface area (Å²) in [5.41, 5.74) is 0.0946. The first-order chi connectivity index (χ1) is 5.79. The van der Waals surface area contributed by atoms with E-state index in [1.54, 1.807) is 24.3 Å². The van der Waals surface area contributed by atoms with Gasteiger partial charge in [-0.3, -0.25) is 4.79 Å². The molecule has 1 aromatic carbocycles. The normalized spacial score (nSPS) is 10.3. The number of hydrogen-bond donors (Lipinski definition) is 1. The van der Waals surface area contributed by atoms with E-state index >= 15 is 0 Å². The van der Waals surface area contributed by atoms with Gasteiger partial charge in [0.05, 0.1) is 5.39 Å². The predicted octanol–water partition coefficient (Wildman–Crippen LogP) is 1.50. The fraction of sp³-hybridized carbons (Fsp3) is 0. The van der Waals surface area contributed by atoms with Gasteiger partial charge in [0.2, 0.25) is 5.43 Å². The summed E-state index contributed by atoms with van der Waals surface area (Å²) in [7, 11) is 0. The molecule has 0 amide bonds. The lowest BCUT2D eigenvalue weighted by Gasteiger charge is -1.94. The second-order valence-corrected chi connectivity index (χ2v) is 2.45. The second kappa shape index (κ2) is 2.37. The molecule has 0 fully saturated rings. The highest BCUT2D eigenvalue weighted by Crippen LogP contribution is 2.12. The monoisotopic (exact) mass is 162 g/mol. The van der Waals surface area contributed by atoms with Crippen LogP contribution in [-0.2, 0) is 0 Å². The summed E-state index contributed by atoms with van der Waals surface area (Å²) in [6.45, 7) is 0. The molecule has 3 heteroatoms. The Balaban J connectivity index is 3.01. The van der Waals surface area contributed by atoms with Crippen molar-refractivity contribution in [3.8, 4) is 5.75 Å². The molecule has 0 bridgehead atoms. The molecule has 0 unspecified atom stereocenters. The highest BCUT2D eigenvalue weighted by Gasteiger charge is 2.02. The number of aromatic hydroxyl groups is 1. The Kier molecular flexibility index (Phi) is 1.37. The van der Waals surface area contributed by atoms with Crippen molar-refractivity contribution in [2.45, 2.75) is 0 Å². The zero-order chi connectivity index (χ0) is 8.55. The molecule has 1 heterocycles. The molecule has 60 valence electrons. The Labute approximate surface area is 67.9 Å². The molecule has 0 radical (unpaired) electrons. The molecule has 0 aliphatic carbocycles. The van der Waals surface area contributed by atoms with Gasteiger partial charge in [-0.15, -0.1) is 0 Å². The minimum atomic E-state index is -0.392. The first-order valence-electron chi connectivity index (χ1n) is 3.48. The number of hydrogen-bond acceptors (Lipinski definition) is 3. The van der Waals surface area contributed by atoms with Crippen LogP contribution in [0.4, 0.5) is 0 Å². The molecule has 3 nitrogen and oxygen atoms in total. The highest BCUT2D eigenvalue weighted by atomic mass is 16.3. The van der Waals surface area contributed by atoms with Crippen molar-refractivity contribution < 1.29 is 9.52 Å². The third-order valence-electron chi connectivity index (χ3n) is 1.66. The topological polar surface area (TPSA) is 50.4 Å². The quantitative estimate of drug-likeness (QED) is 0.638. The van der Waals surface area contributed by atoms with Crippen molar-refractivity contribution >= 4 is 11.0 Å². The van der Waals surface area contributed by atoms with E-state index in [0.717, 1.165) is 6.26 Å². The average Bonchev–Trinajstić information content (AvgIpc) is 2.12. The molecule has 0 aliphatic heterocycles. The molecule has 2 aromatic rings. The number of rotatable bonds is 0. The number of fused-ring (bicyclic) bond motifs is 1. The van der Waals surface area contributed by atoms with E-state index in [1.807, 2.05) is 0 Å². The standard InChI is InChI=1S/C9H6O3/c10-7-5-12-8-4-2-1-3-6(8)9(7)11/h1-5,10H. The minimum absolute atomic E-state index is 0.353. The summed E-state index contributed by atoms with van der Waals surface area (Å²) >= 11 is 0. The van der Waals surface area contributed by atoms with E-state index in [9.17, 15) is 4.79 Å². The molecule has 12 heavy (non-hydrogen) atoms. The van der Waals surface area contributed by atoms with Gasteiger partial charge >= 0.3 is 0 Å². The molecule has 1 N–H and O–H groups in total. The number of para-hydroxylation sites is 1. The van der Waals surface area contributed by atoms with Crippen LogP contribution in [0.15, 0.2) is 39.7 Å². The summed E-state index contributed by atoms with van der Waals surface area (Å²) in [6.07, 6.45) is 1.05. The van der Waals surface area contributed by atoms with Gasteiger partial charge in [-0.2, -0.15) is 0 Å². The van der Waals surface area contributed by atoms with E-state index in [4.69, 9.17) is 9.52 Å². The lowest BCUT2D eigenvalue weighted by Crippen LogP contribution is -1.98. The van der Waals surface area contributed by atoms with Crippen molar-refractivity contribution in [3.05, 3.63) is 40.8 Å². The van der Waals surface area contributed by atoms with Crippen molar-refractivity contribution in [1.82, 2.24) is 0 Å². The average molecular weight is 162 g/mol. The fourth-order valence-electron chi connectivity index (χ4n) is 1.07. The smallest absolute Gasteiger partial charge is 0.234 e. The van der Waals surface area contributed by atoms with Crippen LogP contribution in [0.25, 0.3) is 11.0 Å². The summed E-state index contributed by atoms with van der Waals surface area (Å²) < 4.78 is 4.97. The molecule has 0 saturated carbocycles. The Morgan fingerprint density at radius 2 is 2.00 bits per heavy atom. The first kappa shape index (κ1) is 6.91. The molecule has 0 atom stereocenters. The largest absolute Gasteiger partial charge is 0.502 e. The zero-order valence-electron chi connectivity index (χ0n) is 6.15. The van der Waals surface area contributed by atoms with Gasteiger partial charge in [0.15, 0.2) is 5.75 Å². The van der Waals surface area contributed by atoms with Crippen molar-refractivity contribution in [3.63, 3.8) is 0 Å². The molecule has 0 spiro atoms. The summed E-state index contributed by atoms with van der Waals surface area (Å²) in [5, 5.41) is 9.41. The van der Waals surface area contributed by atoms with Gasteiger partial charge in [-0.1, -0.05) is 12.1 Å². The third kappa shape index (κ3) is 0.871. The molecule has 0 saturated heterocycles. The Hall–Kier alpha value is -1.77. The first-order valence-corrected chi connectivity index (χ1v) is 3.48.